The maximum atomic E-state index is 10.1. The highest BCUT2D eigenvalue weighted by Crippen LogP contribution is 2.36. The van der Waals surface area contributed by atoms with Gasteiger partial charge >= 0.3 is 0 Å². The van der Waals surface area contributed by atoms with E-state index in [1.165, 1.54) is 23.3 Å². The van der Waals surface area contributed by atoms with E-state index in [1.807, 2.05) is 36.7 Å². The summed E-state index contributed by atoms with van der Waals surface area (Å²) in [7, 11) is 0. The molecule has 8 nitrogen and oxygen atoms in total. The lowest BCUT2D eigenvalue weighted by Gasteiger charge is -2.56. The number of nitriles is 1. The Bertz CT molecular complexity index is 1310. The number of nitrogens with zero attached hydrogens (tertiary/aromatic N) is 7. The van der Waals surface area contributed by atoms with Crippen LogP contribution in [0.1, 0.15) is 17.7 Å². The van der Waals surface area contributed by atoms with Gasteiger partial charge in [0, 0.05) is 55.2 Å². The van der Waals surface area contributed by atoms with Crippen molar-refractivity contribution in [3.05, 3.63) is 72.4 Å². The van der Waals surface area contributed by atoms with Gasteiger partial charge in [-0.2, -0.15) is 10.4 Å². The number of rotatable bonds is 4. The first-order chi connectivity index (χ1) is 15.7. The van der Waals surface area contributed by atoms with Crippen LogP contribution < -0.4 is 4.90 Å². The summed E-state index contributed by atoms with van der Waals surface area (Å²) in [5, 5.41) is 23.7. The molecule has 4 aromatic rings. The minimum atomic E-state index is 0.0910. The Morgan fingerprint density at radius 2 is 1.97 bits per heavy atom. The predicted molar refractivity (Wildman–Crippen MR) is 119 cm³/mol. The second-order valence-electron chi connectivity index (χ2n) is 8.42. The Labute approximate surface area is 185 Å². The minimum Gasteiger partial charge on any atom is -0.506 e. The topological polar surface area (TPSA) is 93.6 Å². The Hall–Kier alpha value is -3.96. The second kappa shape index (κ2) is 7.32. The molecule has 2 unspecified atom stereocenters. The van der Waals surface area contributed by atoms with E-state index in [4.69, 9.17) is 4.98 Å². The van der Waals surface area contributed by atoms with Crippen molar-refractivity contribution in [2.75, 3.05) is 18.0 Å². The van der Waals surface area contributed by atoms with E-state index in [0.717, 1.165) is 42.3 Å². The quantitative estimate of drug-likeness (QED) is 0.539. The Morgan fingerprint density at radius 3 is 2.69 bits per heavy atom. The van der Waals surface area contributed by atoms with E-state index in [0.29, 0.717) is 23.2 Å². The number of aromatic hydroxyl groups is 1. The van der Waals surface area contributed by atoms with Gasteiger partial charge in [-0.25, -0.2) is 9.50 Å². The minimum absolute atomic E-state index is 0.0910. The van der Waals surface area contributed by atoms with Gasteiger partial charge in [0.15, 0.2) is 0 Å². The van der Waals surface area contributed by atoms with Crippen LogP contribution in [-0.4, -0.2) is 54.8 Å². The van der Waals surface area contributed by atoms with Crippen LogP contribution in [0.25, 0.3) is 16.6 Å². The number of hydrogen-bond donors (Lipinski definition) is 1. The van der Waals surface area contributed by atoms with Gasteiger partial charge in [-0.1, -0.05) is 6.07 Å². The van der Waals surface area contributed by atoms with Crippen molar-refractivity contribution in [3.63, 3.8) is 0 Å². The summed E-state index contributed by atoms with van der Waals surface area (Å²) in [5.74, 6) is 1.04. The van der Waals surface area contributed by atoms with Gasteiger partial charge in [0.25, 0.3) is 0 Å². The molecule has 8 heteroatoms. The van der Waals surface area contributed by atoms with E-state index in [1.54, 1.807) is 6.07 Å². The van der Waals surface area contributed by atoms with Gasteiger partial charge < -0.3 is 10.0 Å². The average Bonchev–Trinajstić information content (AvgIpc) is 3.25. The molecule has 0 aromatic carbocycles. The highest BCUT2D eigenvalue weighted by atomic mass is 16.3. The molecule has 3 aliphatic rings. The monoisotopic (exact) mass is 423 g/mol. The number of piperidine rings is 1. The zero-order valence-electron chi connectivity index (χ0n) is 17.3. The largest absolute Gasteiger partial charge is 0.506 e. The number of anilines is 1. The average molecular weight is 423 g/mol. The molecule has 0 radical (unpaired) electrons. The summed E-state index contributed by atoms with van der Waals surface area (Å²) in [5.41, 5.74) is 3.83. The van der Waals surface area contributed by atoms with Gasteiger partial charge in [0.2, 0.25) is 0 Å². The normalized spacial score (nSPS) is 20.2. The fourth-order valence-corrected chi connectivity index (χ4v) is 4.95. The zero-order valence-corrected chi connectivity index (χ0v) is 17.3. The molecular weight excluding hydrogens is 402 g/mol. The number of aromatic nitrogens is 4. The molecule has 158 valence electrons. The van der Waals surface area contributed by atoms with Gasteiger partial charge in [0.1, 0.15) is 17.6 Å². The number of piperazine rings is 1. The lowest BCUT2D eigenvalue weighted by Crippen LogP contribution is -2.68. The summed E-state index contributed by atoms with van der Waals surface area (Å²) in [6.07, 6.45) is 7.90. The fraction of sp³-hybridized carbons (Fsp3) is 0.250. The van der Waals surface area contributed by atoms with E-state index in [-0.39, 0.29) is 5.75 Å². The number of fused-ring (bicyclic) bond motifs is 3. The number of hydrogen-bond acceptors (Lipinski definition) is 7. The summed E-state index contributed by atoms with van der Waals surface area (Å²) >= 11 is 0. The maximum Gasteiger partial charge on any atom is 0.134 e. The Morgan fingerprint density at radius 1 is 1.09 bits per heavy atom. The van der Waals surface area contributed by atoms with Crippen LogP contribution in [0.4, 0.5) is 5.82 Å². The Kier molecular flexibility index (Phi) is 4.30. The maximum absolute atomic E-state index is 10.1. The molecule has 7 rings (SSSR count). The number of pyridine rings is 3. The van der Waals surface area contributed by atoms with Crippen molar-refractivity contribution < 1.29 is 5.11 Å². The van der Waals surface area contributed by atoms with Crippen LogP contribution in [0.3, 0.4) is 0 Å². The van der Waals surface area contributed by atoms with Crippen molar-refractivity contribution in [1.29, 1.82) is 5.26 Å². The van der Waals surface area contributed by atoms with Gasteiger partial charge in [0.05, 0.1) is 29.2 Å². The molecule has 4 aromatic heterocycles. The zero-order chi connectivity index (χ0) is 21.7. The highest BCUT2D eigenvalue weighted by Gasteiger charge is 2.44. The summed E-state index contributed by atoms with van der Waals surface area (Å²) in [6, 6.07) is 15.0. The molecule has 0 spiro atoms. The van der Waals surface area contributed by atoms with Crippen molar-refractivity contribution in [1.82, 2.24) is 24.5 Å². The van der Waals surface area contributed by atoms with Crippen molar-refractivity contribution in [2.24, 2.45) is 0 Å². The predicted octanol–water partition coefficient (Wildman–Crippen LogP) is 2.83. The molecule has 0 saturated carbocycles. The van der Waals surface area contributed by atoms with E-state index in [2.05, 4.69) is 32.0 Å². The standard InChI is InChI=1S/C24H21N7O/c25-9-17-11-28-31-15-21(32)8-22(24(17)31)16-4-5-23(27-10-16)29-13-19-7-20(14-29)30(19)12-18-3-1-2-6-26-18/h1-6,8,10-11,15,19-20,32H,7,12-14H2. The van der Waals surface area contributed by atoms with Gasteiger partial charge in [-0.05, 0) is 36.8 Å². The van der Waals surface area contributed by atoms with Crippen molar-refractivity contribution in [2.45, 2.75) is 25.0 Å². The van der Waals surface area contributed by atoms with E-state index >= 15 is 0 Å². The van der Waals surface area contributed by atoms with Gasteiger partial charge in [-0.3, -0.25) is 9.88 Å². The molecule has 2 bridgehead atoms. The first-order valence-electron chi connectivity index (χ1n) is 10.7. The highest BCUT2D eigenvalue weighted by molar-refractivity contribution is 5.85. The van der Waals surface area contributed by atoms with E-state index in [9.17, 15) is 10.4 Å². The molecule has 3 saturated heterocycles. The van der Waals surface area contributed by atoms with Crippen LogP contribution in [0.5, 0.6) is 5.75 Å². The third-order valence-electron chi connectivity index (χ3n) is 6.52. The van der Waals surface area contributed by atoms with E-state index < -0.39 is 0 Å². The summed E-state index contributed by atoms with van der Waals surface area (Å²) in [4.78, 5) is 14.1. The SMILES string of the molecule is N#Cc1cnn2cc(O)cc(-c3ccc(N4CC5CC(C4)N5Cc4ccccn4)nc3)c12. The third-order valence-corrected chi connectivity index (χ3v) is 6.52. The molecule has 2 atom stereocenters. The summed E-state index contributed by atoms with van der Waals surface area (Å²) in [6.45, 7) is 2.80. The first-order valence-corrected chi connectivity index (χ1v) is 10.7. The van der Waals surface area contributed by atoms with Crippen LogP contribution in [0.2, 0.25) is 0 Å². The first kappa shape index (κ1) is 18.8. The Balaban J connectivity index is 1.22. The molecule has 0 aliphatic carbocycles. The smallest absolute Gasteiger partial charge is 0.134 e. The fourth-order valence-electron chi connectivity index (χ4n) is 4.95. The van der Waals surface area contributed by atoms with Crippen molar-refractivity contribution in [3.8, 4) is 22.9 Å². The van der Waals surface area contributed by atoms with Crippen LogP contribution >= 0.6 is 0 Å². The molecule has 3 fully saturated rings. The molecule has 32 heavy (non-hydrogen) atoms. The third kappa shape index (κ3) is 3.06. The molecule has 0 amide bonds. The van der Waals surface area contributed by atoms with Crippen LogP contribution in [0.15, 0.2) is 61.2 Å². The molecule has 1 N–H and O–H groups in total. The molecular formula is C24H21N7O. The van der Waals surface area contributed by atoms with Crippen LogP contribution in [0, 0.1) is 11.3 Å². The lowest BCUT2D eigenvalue weighted by molar-refractivity contribution is -0.00967. The molecule has 7 heterocycles. The lowest BCUT2D eigenvalue weighted by atomic mass is 9.87. The molecule has 3 aliphatic heterocycles. The van der Waals surface area contributed by atoms with Gasteiger partial charge in [-0.15, -0.1) is 0 Å². The second-order valence-corrected chi connectivity index (χ2v) is 8.42. The van der Waals surface area contributed by atoms with Crippen molar-refractivity contribution >= 4 is 11.3 Å². The summed E-state index contributed by atoms with van der Waals surface area (Å²) < 4.78 is 1.53. The van der Waals surface area contributed by atoms with Crippen LogP contribution in [-0.2, 0) is 6.54 Å².